The molecule has 1 aliphatic rings. The fraction of sp³-hybridized carbons (Fsp3) is 0.481. The minimum atomic E-state index is -4.42. The van der Waals surface area contributed by atoms with Crippen molar-refractivity contribution >= 4 is 16.7 Å². The number of hydrogen-bond donors (Lipinski definition) is 1. The zero-order chi connectivity index (χ0) is 24.3. The first-order valence-corrected chi connectivity index (χ1v) is 12.1. The fourth-order valence-electron chi connectivity index (χ4n) is 4.78. The van der Waals surface area contributed by atoms with Crippen LogP contribution in [-0.2, 0) is 6.18 Å². The van der Waals surface area contributed by atoms with E-state index in [1.165, 1.54) is 12.1 Å². The molecule has 2 aromatic carbocycles. The Morgan fingerprint density at radius 1 is 1.03 bits per heavy atom. The van der Waals surface area contributed by atoms with Crippen LogP contribution >= 0.6 is 0 Å². The lowest BCUT2D eigenvalue weighted by Gasteiger charge is -2.23. The van der Waals surface area contributed by atoms with Gasteiger partial charge in [0.05, 0.1) is 11.1 Å². The predicted molar refractivity (Wildman–Crippen MR) is 132 cm³/mol. The van der Waals surface area contributed by atoms with Gasteiger partial charge in [0.25, 0.3) is 0 Å². The molecule has 0 aliphatic heterocycles. The standard InChI is InChI=1S/C27H33F3N4/c1-18-9-7-12-23-24(18)32-25(33-26(23)31-13-8-14-34(2)3)21-15-20(19-10-5-4-6-11-19)16-22(17-21)27(28,29)30/h7,9,12,15-17,19H,4-6,8,10-11,13-14H2,1-3H3,(H,31,32,33). The molecule has 182 valence electrons. The first kappa shape index (κ1) is 24.5. The molecule has 1 aromatic heterocycles. The van der Waals surface area contributed by atoms with Gasteiger partial charge in [-0.25, -0.2) is 9.97 Å². The molecule has 0 spiro atoms. The van der Waals surface area contributed by atoms with Crippen LogP contribution in [-0.4, -0.2) is 42.1 Å². The number of nitrogens with one attached hydrogen (secondary N) is 1. The second-order valence-electron chi connectivity index (χ2n) is 9.63. The van der Waals surface area contributed by atoms with Crippen molar-refractivity contribution in [2.24, 2.45) is 0 Å². The minimum Gasteiger partial charge on any atom is -0.369 e. The van der Waals surface area contributed by atoms with Crippen LogP contribution < -0.4 is 5.32 Å². The van der Waals surface area contributed by atoms with Gasteiger partial charge in [-0.05, 0) is 88.1 Å². The molecule has 34 heavy (non-hydrogen) atoms. The third-order valence-corrected chi connectivity index (χ3v) is 6.62. The van der Waals surface area contributed by atoms with Gasteiger partial charge in [-0.15, -0.1) is 0 Å². The van der Waals surface area contributed by atoms with E-state index >= 15 is 0 Å². The summed E-state index contributed by atoms with van der Waals surface area (Å²) in [5.74, 6) is 1.15. The molecule has 4 rings (SSSR count). The molecule has 0 unspecified atom stereocenters. The van der Waals surface area contributed by atoms with Crippen LogP contribution in [0.4, 0.5) is 19.0 Å². The third-order valence-electron chi connectivity index (χ3n) is 6.62. The van der Waals surface area contributed by atoms with E-state index in [2.05, 4.69) is 10.2 Å². The predicted octanol–water partition coefficient (Wildman–Crippen LogP) is 7.04. The van der Waals surface area contributed by atoms with Crippen LogP contribution in [0.1, 0.15) is 61.1 Å². The van der Waals surface area contributed by atoms with Gasteiger partial charge in [-0.1, -0.05) is 31.4 Å². The van der Waals surface area contributed by atoms with Crippen molar-refractivity contribution in [3.63, 3.8) is 0 Å². The maximum atomic E-state index is 13.8. The number of nitrogens with zero attached hydrogens (tertiary/aromatic N) is 3. The maximum absolute atomic E-state index is 13.8. The Hall–Kier alpha value is -2.67. The molecule has 0 amide bonds. The number of alkyl halides is 3. The van der Waals surface area contributed by atoms with Crippen LogP contribution in [0, 0.1) is 6.92 Å². The summed E-state index contributed by atoms with van der Waals surface area (Å²) in [6, 6.07) is 10.3. The quantitative estimate of drug-likeness (QED) is 0.376. The van der Waals surface area contributed by atoms with Crippen molar-refractivity contribution in [2.45, 2.75) is 57.5 Å². The largest absolute Gasteiger partial charge is 0.416 e. The molecule has 0 bridgehead atoms. The maximum Gasteiger partial charge on any atom is 0.416 e. The third kappa shape index (κ3) is 5.69. The summed E-state index contributed by atoms with van der Waals surface area (Å²) < 4.78 is 41.5. The van der Waals surface area contributed by atoms with Crippen LogP contribution in [0.2, 0.25) is 0 Å². The smallest absolute Gasteiger partial charge is 0.369 e. The Bertz CT molecular complexity index is 1130. The monoisotopic (exact) mass is 470 g/mol. The van der Waals surface area contributed by atoms with E-state index < -0.39 is 11.7 Å². The number of halogens is 3. The summed E-state index contributed by atoms with van der Waals surface area (Å²) in [4.78, 5) is 11.6. The number of fused-ring (bicyclic) bond motifs is 1. The van der Waals surface area contributed by atoms with Gasteiger partial charge in [-0.2, -0.15) is 13.2 Å². The van der Waals surface area contributed by atoms with Gasteiger partial charge in [0.2, 0.25) is 0 Å². The zero-order valence-electron chi connectivity index (χ0n) is 20.2. The van der Waals surface area contributed by atoms with Crippen LogP contribution in [0.25, 0.3) is 22.3 Å². The van der Waals surface area contributed by atoms with Crippen molar-refractivity contribution < 1.29 is 13.2 Å². The second kappa shape index (κ2) is 10.3. The average Bonchev–Trinajstić information content (AvgIpc) is 2.81. The molecule has 0 radical (unpaired) electrons. The highest BCUT2D eigenvalue weighted by Crippen LogP contribution is 2.39. The Morgan fingerprint density at radius 3 is 2.50 bits per heavy atom. The van der Waals surface area contributed by atoms with Gasteiger partial charge in [0.1, 0.15) is 5.82 Å². The highest BCUT2D eigenvalue weighted by Gasteiger charge is 2.32. The summed E-state index contributed by atoms with van der Waals surface area (Å²) in [5, 5.41) is 4.29. The second-order valence-corrected chi connectivity index (χ2v) is 9.63. The van der Waals surface area contributed by atoms with E-state index in [-0.39, 0.29) is 5.92 Å². The molecule has 3 aromatic rings. The zero-order valence-corrected chi connectivity index (χ0v) is 20.2. The Kier molecular flexibility index (Phi) is 7.41. The van der Waals surface area contributed by atoms with Gasteiger partial charge >= 0.3 is 6.18 Å². The molecule has 1 N–H and O–H groups in total. The Balaban J connectivity index is 1.79. The summed E-state index contributed by atoms with van der Waals surface area (Å²) in [5.41, 5.74) is 2.28. The van der Waals surface area contributed by atoms with Crippen molar-refractivity contribution in [2.75, 3.05) is 32.5 Å². The molecule has 7 heteroatoms. The van der Waals surface area contributed by atoms with Crippen molar-refractivity contribution in [3.05, 3.63) is 53.1 Å². The first-order valence-electron chi connectivity index (χ1n) is 12.1. The highest BCUT2D eigenvalue weighted by molar-refractivity contribution is 5.92. The Labute approximate surface area is 199 Å². The SMILES string of the molecule is Cc1cccc2c(NCCCN(C)C)nc(-c3cc(C4CCCCC4)cc(C(F)(F)F)c3)nc12. The molecule has 1 saturated carbocycles. The minimum absolute atomic E-state index is 0.153. The first-order chi connectivity index (χ1) is 16.2. The Morgan fingerprint density at radius 2 is 1.79 bits per heavy atom. The number of aryl methyl sites for hydroxylation is 1. The number of para-hydroxylation sites is 1. The molecular weight excluding hydrogens is 437 g/mol. The number of hydrogen-bond acceptors (Lipinski definition) is 4. The van der Waals surface area contributed by atoms with E-state index in [0.29, 0.717) is 23.8 Å². The number of anilines is 1. The van der Waals surface area contributed by atoms with E-state index in [4.69, 9.17) is 9.97 Å². The van der Waals surface area contributed by atoms with Gasteiger partial charge in [0.15, 0.2) is 5.82 Å². The van der Waals surface area contributed by atoms with E-state index in [9.17, 15) is 13.2 Å². The summed E-state index contributed by atoms with van der Waals surface area (Å²) >= 11 is 0. The molecule has 1 aliphatic carbocycles. The van der Waals surface area contributed by atoms with Crippen LogP contribution in [0.15, 0.2) is 36.4 Å². The molecule has 1 fully saturated rings. The van der Waals surface area contributed by atoms with Gasteiger partial charge in [-0.3, -0.25) is 0 Å². The molecule has 0 saturated heterocycles. The van der Waals surface area contributed by atoms with Gasteiger partial charge in [0, 0.05) is 17.5 Å². The van der Waals surface area contributed by atoms with Crippen molar-refractivity contribution in [3.8, 4) is 11.4 Å². The summed E-state index contributed by atoms with van der Waals surface area (Å²) in [6.07, 6.45) is 1.63. The number of benzene rings is 2. The molecular formula is C27H33F3N4. The normalized spacial score (nSPS) is 15.3. The lowest BCUT2D eigenvalue weighted by atomic mass is 9.83. The highest BCUT2D eigenvalue weighted by atomic mass is 19.4. The molecule has 4 nitrogen and oxygen atoms in total. The van der Waals surface area contributed by atoms with E-state index in [0.717, 1.165) is 67.1 Å². The van der Waals surface area contributed by atoms with Crippen LogP contribution in [0.3, 0.4) is 0 Å². The number of rotatable bonds is 7. The van der Waals surface area contributed by atoms with Crippen molar-refractivity contribution in [1.82, 2.24) is 14.9 Å². The topological polar surface area (TPSA) is 41.0 Å². The van der Waals surface area contributed by atoms with Crippen molar-refractivity contribution in [1.29, 1.82) is 0 Å². The fourth-order valence-corrected chi connectivity index (χ4v) is 4.78. The van der Waals surface area contributed by atoms with Gasteiger partial charge < -0.3 is 10.2 Å². The molecule has 1 heterocycles. The number of aromatic nitrogens is 2. The van der Waals surface area contributed by atoms with E-state index in [1.807, 2.05) is 45.3 Å². The molecule has 0 atom stereocenters. The lowest BCUT2D eigenvalue weighted by Crippen LogP contribution is -2.17. The van der Waals surface area contributed by atoms with Crippen LogP contribution in [0.5, 0.6) is 0 Å². The average molecular weight is 471 g/mol. The lowest BCUT2D eigenvalue weighted by molar-refractivity contribution is -0.137. The summed E-state index contributed by atoms with van der Waals surface area (Å²) in [7, 11) is 4.05. The summed E-state index contributed by atoms with van der Waals surface area (Å²) in [6.45, 7) is 3.61. The van der Waals surface area contributed by atoms with E-state index in [1.54, 1.807) is 0 Å².